The molecule has 24 heavy (non-hydrogen) atoms. The average Bonchev–Trinajstić information content (AvgIpc) is 2.56. The van der Waals surface area contributed by atoms with E-state index in [2.05, 4.69) is 60.9 Å². The summed E-state index contributed by atoms with van der Waals surface area (Å²) in [4.78, 5) is 22.0. The second kappa shape index (κ2) is 6.57. The Morgan fingerprint density at radius 1 is 1.17 bits per heavy atom. The molecule has 0 saturated heterocycles. The zero-order chi connectivity index (χ0) is 17.3. The standard InChI is InChI=1S/C20H23N3O/c1-13-9-10-16(14(2)11-13)12-23(4)15(3)19-21-18-8-6-5-7-17(18)20(24)22-19/h5-11,15H,12H2,1-4H3,(H,21,22,24). The van der Waals surface area contributed by atoms with Crippen molar-refractivity contribution in [1.29, 1.82) is 0 Å². The second-order valence-electron chi connectivity index (χ2n) is 6.49. The number of aryl methyl sites for hydroxylation is 2. The Hall–Kier alpha value is -2.46. The molecule has 1 atom stereocenters. The maximum Gasteiger partial charge on any atom is 0.258 e. The van der Waals surface area contributed by atoms with E-state index < -0.39 is 0 Å². The summed E-state index contributed by atoms with van der Waals surface area (Å²) < 4.78 is 0. The molecule has 0 fully saturated rings. The molecule has 0 bridgehead atoms. The van der Waals surface area contributed by atoms with Gasteiger partial charge in [0.15, 0.2) is 0 Å². The Kier molecular flexibility index (Phi) is 4.49. The molecule has 1 aromatic heterocycles. The van der Waals surface area contributed by atoms with Gasteiger partial charge in [-0.15, -0.1) is 0 Å². The molecule has 0 spiro atoms. The van der Waals surface area contributed by atoms with E-state index in [-0.39, 0.29) is 11.6 Å². The van der Waals surface area contributed by atoms with Crippen molar-refractivity contribution in [2.45, 2.75) is 33.4 Å². The molecule has 0 saturated carbocycles. The lowest BCUT2D eigenvalue weighted by Gasteiger charge is -2.25. The maximum absolute atomic E-state index is 12.3. The zero-order valence-electron chi connectivity index (χ0n) is 14.6. The van der Waals surface area contributed by atoms with Crippen LogP contribution in [0.15, 0.2) is 47.3 Å². The molecule has 2 aromatic carbocycles. The van der Waals surface area contributed by atoms with Gasteiger partial charge in [0.25, 0.3) is 5.56 Å². The van der Waals surface area contributed by atoms with Gasteiger partial charge in [-0.05, 0) is 51.1 Å². The molecule has 1 heterocycles. The summed E-state index contributed by atoms with van der Waals surface area (Å²) in [6.07, 6.45) is 0. The largest absolute Gasteiger partial charge is 0.309 e. The van der Waals surface area contributed by atoms with Gasteiger partial charge in [0, 0.05) is 6.54 Å². The quantitative estimate of drug-likeness (QED) is 0.796. The van der Waals surface area contributed by atoms with E-state index in [0.29, 0.717) is 11.2 Å². The maximum atomic E-state index is 12.3. The van der Waals surface area contributed by atoms with Crippen LogP contribution in [0, 0.1) is 13.8 Å². The highest BCUT2D eigenvalue weighted by Crippen LogP contribution is 2.20. The summed E-state index contributed by atoms with van der Waals surface area (Å²) >= 11 is 0. The SMILES string of the molecule is Cc1ccc(CN(C)C(C)c2nc3ccccc3c(=O)[nH]2)c(C)c1. The molecule has 4 heteroatoms. The number of H-pyrrole nitrogens is 1. The Labute approximate surface area is 142 Å². The molecule has 0 radical (unpaired) electrons. The number of fused-ring (bicyclic) bond motifs is 1. The number of rotatable bonds is 4. The fourth-order valence-electron chi connectivity index (χ4n) is 2.94. The second-order valence-corrected chi connectivity index (χ2v) is 6.49. The normalized spacial score (nSPS) is 12.7. The highest BCUT2D eigenvalue weighted by atomic mass is 16.1. The molecular weight excluding hydrogens is 298 g/mol. The van der Waals surface area contributed by atoms with Gasteiger partial charge in [0.05, 0.1) is 16.9 Å². The Morgan fingerprint density at radius 3 is 2.67 bits per heavy atom. The van der Waals surface area contributed by atoms with Crippen LogP contribution in [0.25, 0.3) is 10.9 Å². The number of aromatic amines is 1. The molecule has 3 rings (SSSR count). The Balaban J connectivity index is 1.88. The van der Waals surface area contributed by atoms with Crippen LogP contribution in [-0.2, 0) is 6.54 Å². The van der Waals surface area contributed by atoms with Gasteiger partial charge in [0.2, 0.25) is 0 Å². The van der Waals surface area contributed by atoms with Crippen LogP contribution in [0.1, 0.15) is 35.5 Å². The number of nitrogens with zero attached hydrogens (tertiary/aromatic N) is 2. The van der Waals surface area contributed by atoms with Crippen LogP contribution in [-0.4, -0.2) is 21.9 Å². The molecule has 0 aliphatic heterocycles. The molecule has 1 unspecified atom stereocenters. The van der Waals surface area contributed by atoms with E-state index in [1.54, 1.807) is 6.07 Å². The topological polar surface area (TPSA) is 49.0 Å². The van der Waals surface area contributed by atoms with Gasteiger partial charge in [-0.25, -0.2) is 4.98 Å². The van der Waals surface area contributed by atoms with Crippen LogP contribution in [0.2, 0.25) is 0 Å². The minimum absolute atomic E-state index is 0.0167. The van der Waals surface area contributed by atoms with Crippen LogP contribution >= 0.6 is 0 Å². The number of hydrogen-bond acceptors (Lipinski definition) is 3. The van der Waals surface area contributed by atoms with Gasteiger partial charge in [-0.2, -0.15) is 0 Å². The minimum Gasteiger partial charge on any atom is -0.309 e. The van der Waals surface area contributed by atoms with Crippen LogP contribution in [0.4, 0.5) is 0 Å². The van der Waals surface area contributed by atoms with Crippen LogP contribution < -0.4 is 5.56 Å². The number of benzene rings is 2. The molecule has 124 valence electrons. The summed E-state index contributed by atoms with van der Waals surface area (Å²) in [5.74, 6) is 0.700. The molecule has 0 aliphatic carbocycles. The highest BCUT2D eigenvalue weighted by Gasteiger charge is 2.16. The lowest BCUT2D eigenvalue weighted by atomic mass is 10.0. The summed E-state index contributed by atoms with van der Waals surface area (Å²) in [6.45, 7) is 7.12. The van der Waals surface area contributed by atoms with E-state index in [4.69, 9.17) is 0 Å². The third kappa shape index (κ3) is 3.24. The zero-order valence-corrected chi connectivity index (χ0v) is 14.6. The third-order valence-corrected chi connectivity index (χ3v) is 4.61. The van der Waals surface area contributed by atoms with Gasteiger partial charge in [-0.3, -0.25) is 9.69 Å². The first-order chi connectivity index (χ1) is 11.5. The number of nitrogens with one attached hydrogen (secondary N) is 1. The predicted octanol–water partition coefficient (Wildman–Crippen LogP) is 3.73. The van der Waals surface area contributed by atoms with E-state index in [9.17, 15) is 4.79 Å². The predicted molar refractivity (Wildman–Crippen MR) is 98.2 cm³/mol. The van der Waals surface area contributed by atoms with Crippen molar-refractivity contribution in [3.63, 3.8) is 0 Å². The lowest BCUT2D eigenvalue weighted by molar-refractivity contribution is 0.243. The van der Waals surface area contributed by atoms with Crippen LogP contribution in [0.5, 0.6) is 0 Å². The first-order valence-corrected chi connectivity index (χ1v) is 8.21. The van der Waals surface area contributed by atoms with Gasteiger partial charge >= 0.3 is 0 Å². The van der Waals surface area contributed by atoms with E-state index >= 15 is 0 Å². The lowest BCUT2D eigenvalue weighted by Crippen LogP contribution is -2.26. The third-order valence-electron chi connectivity index (χ3n) is 4.61. The number of hydrogen-bond donors (Lipinski definition) is 1. The first kappa shape index (κ1) is 16.4. The van der Waals surface area contributed by atoms with E-state index in [0.717, 1.165) is 12.1 Å². The average molecular weight is 321 g/mol. The van der Waals surface area contributed by atoms with E-state index in [1.807, 2.05) is 18.2 Å². The molecule has 0 amide bonds. The molecule has 3 aromatic rings. The first-order valence-electron chi connectivity index (χ1n) is 8.21. The number of aromatic nitrogens is 2. The van der Waals surface area contributed by atoms with Crippen molar-refractivity contribution in [1.82, 2.24) is 14.9 Å². The van der Waals surface area contributed by atoms with Crippen molar-refractivity contribution >= 4 is 10.9 Å². The Morgan fingerprint density at radius 2 is 1.92 bits per heavy atom. The monoisotopic (exact) mass is 321 g/mol. The number of para-hydroxylation sites is 1. The van der Waals surface area contributed by atoms with Crippen molar-refractivity contribution < 1.29 is 0 Å². The summed E-state index contributed by atoms with van der Waals surface area (Å²) in [7, 11) is 2.05. The smallest absolute Gasteiger partial charge is 0.258 e. The van der Waals surface area contributed by atoms with Crippen molar-refractivity contribution in [2.24, 2.45) is 0 Å². The molecular formula is C20H23N3O. The fourth-order valence-corrected chi connectivity index (χ4v) is 2.94. The molecule has 4 nitrogen and oxygen atoms in total. The van der Waals surface area contributed by atoms with Crippen molar-refractivity contribution in [3.05, 3.63) is 75.3 Å². The van der Waals surface area contributed by atoms with E-state index in [1.165, 1.54) is 16.7 Å². The summed E-state index contributed by atoms with van der Waals surface area (Å²) in [5, 5.41) is 0.630. The summed E-state index contributed by atoms with van der Waals surface area (Å²) in [5.41, 5.74) is 4.50. The minimum atomic E-state index is -0.0811. The van der Waals surface area contributed by atoms with Crippen molar-refractivity contribution in [2.75, 3.05) is 7.05 Å². The van der Waals surface area contributed by atoms with Crippen LogP contribution in [0.3, 0.4) is 0 Å². The van der Waals surface area contributed by atoms with Gasteiger partial charge in [0.1, 0.15) is 5.82 Å². The molecule has 1 N–H and O–H groups in total. The van der Waals surface area contributed by atoms with Gasteiger partial charge in [-0.1, -0.05) is 35.9 Å². The Bertz CT molecular complexity index is 930. The fraction of sp³-hybridized carbons (Fsp3) is 0.300. The summed E-state index contributed by atoms with van der Waals surface area (Å²) in [6, 6.07) is 14.0. The van der Waals surface area contributed by atoms with Crippen molar-refractivity contribution in [3.8, 4) is 0 Å². The highest BCUT2D eigenvalue weighted by molar-refractivity contribution is 5.77. The molecule has 0 aliphatic rings. The van der Waals surface area contributed by atoms with Gasteiger partial charge < -0.3 is 4.98 Å².